The van der Waals surface area contributed by atoms with Crippen molar-refractivity contribution < 1.29 is 8.42 Å². The van der Waals surface area contributed by atoms with Gasteiger partial charge in [-0.3, -0.25) is 0 Å². The molecule has 20 heavy (non-hydrogen) atoms. The lowest BCUT2D eigenvalue weighted by Gasteiger charge is -2.26. The molecule has 0 heterocycles. The largest absolute Gasteiger partial charge is 0.316 e. The number of hydrogen-bond donors (Lipinski definition) is 1. The average molecular weight is 298 g/mol. The molecule has 1 N–H and O–H groups in total. The van der Waals surface area contributed by atoms with Gasteiger partial charge in [-0.2, -0.15) is 4.31 Å². The fraction of sp³-hybridized carbons (Fsp3) is 0.600. The van der Waals surface area contributed by atoms with Gasteiger partial charge < -0.3 is 5.32 Å². The minimum absolute atomic E-state index is 0.0438. The van der Waals surface area contributed by atoms with Crippen LogP contribution in [0.3, 0.4) is 0 Å². The number of nitrogens with one attached hydrogen (secondary N) is 1. The molecule has 4 nitrogen and oxygen atoms in total. The summed E-state index contributed by atoms with van der Waals surface area (Å²) in [5.74, 6) is 0. The van der Waals surface area contributed by atoms with Crippen molar-refractivity contribution in [2.45, 2.75) is 52.1 Å². The standard InChI is InChI=1S/C15H26N2O2S/c1-7-17(11(2)3)20(18,19)15-9-14(10-16-6)8-12(4)13(15)5/h8-9,11,16H,7,10H2,1-6H3. The zero-order valence-electron chi connectivity index (χ0n) is 13.3. The van der Waals surface area contributed by atoms with E-state index in [4.69, 9.17) is 0 Å². The summed E-state index contributed by atoms with van der Waals surface area (Å²) in [5, 5.41) is 3.07. The van der Waals surface area contributed by atoms with Crippen LogP contribution in [-0.2, 0) is 16.6 Å². The second-order valence-electron chi connectivity index (χ2n) is 5.37. The Morgan fingerprint density at radius 1 is 1.25 bits per heavy atom. The summed E-state index contributed by atoms with van der Waals surface area (Å²) in [4.78, 5) is 0.429. The van der Waals surface area contributed by atoms with E-state index in [1.807, 2.05) is 47.7 Å². The molecular formula is C15H26N2O2S. The predicted molar refractivity (Wildman–Crippen MR) is 83.4 cm³/mol. The van der Waals surface area contributed by atoms with Gasteiger partial charge in [-0.05, 0) is 57.5 Å². The number of benzene rings is 1. The number of nitrogens with zero attached hydrogens (tertiary/aromatic N) is 1. The molecule has 1 rings (SSSR count). The second-order valence-corrected chi connectivity index (χ2v) is 7.23. The van der Waals surface area contributed by atoms with Crippen molar-refractivity contribution in [2.75, 3.05) is 13.6 Å². The zero-order chi connectivity index (χ0) is 15.5. The minimum Gasteiger partial charge on any atom is -0.316 e. The smallest absolute Gasteiger partial charge is 0.243 e. The van der Waals surface area contributed by atoms with Crippen molar-refractivity contribution in [3.8, 4) is 0 Å². The van der Waals surface area contributed by atoms with Crippen molar-refractivity contribution >= 4 is 10.0 Å². The third kappa shape index (κ3) is 3.40. The molecule has 0 saturated carbocycles. The van der Waals surface area contributed by atoms with Crippen molar-refractivity contribution in [2.24, 2.45) is 0 Å². The molecular weight excluding hydrogens is 272 g/mol. The van der Waals surface area contributed by atoms with E-state index in [0.29, 0.717) is 18.0 Å². The van der Waals surface area contributed by atoms with E-state index >= 15 is 0 Å². The predicted octanol–water partition coefficient (Wildman–Crippen LogP) is 2.44. The Morgan fingerprint density at radius 2 is 1.85 bits per heavy atom. The third-order valence-corrected chi connectivity index (χ3v) is 5.81. The minimum atomic E-state index is -3.44. The highest BCUT2D eigenvalue weighted by Crippen LogP contribution is 2.25. The van der Waals surface area contributed by atoms with E-state index < -0.39 is 10.0 Å². The van der Waals surface area contributed by atoms with Gasteiger partial charge in [0.05, 0.1) is 4.90 Å². The van der Waals surface area contributed by atoms with Gasteiger partial charge in [-0.15, -0.1) is 0 Å². The molecule has 114 valence electrons. The fourth-order valence-electron chi connectivity index (χ4n) is 2.41. The first-order chi connectivity index (χ1) is 9.25. The first-order valence-corrected chi connectivity index (χ1v) is 8.46. The van der Waals surface area contributed by atoms with Crippen LogP contribution in [0.2, 0.25) is 0 Å². The Bertz CT molecular complexity index is 565. The lowest BCUT2D eigenvalue weighted by molar-refractivity contribution is 0.369. The Balaban J connectivity index is 3.44. The van der Waals surface area contributed by atoms with E-state index in [2.05, 4.69) is 5.32 Å². The molecule has 0 aliphatic rings. The van der Waals surface area contributed by atoms with E-state index in [0.717, 1.165) is 16.7 Å². The molecule has 0 aliphatic carbocycles. The molecule has 0 fully saturated rings. The van der Waals surface area contributed by atoms with Crippen LogP contribution in [0.4, 0.5) is 0 Å². The Kier molecular flexibility index (Phi) is 5.74. The van der Waals surface area contributed by atoms with Gasteiger partial charge in [0.1, 0.15) is 0 Å². The molecule has 0 radical (unpaired) electrons. The quantitative estimate of drug-likeness (QED) is 0.877. The lowest BCUT2D eigenvalue weighted by atomic mass is 10.1. The topological polar surface area (TPSA) is 49.4 Å². The van der Waals surface area contributed by atoms with E-state index in [1.54, 1.807) is 6.07 Å². The first-order valence-electron chi connectivity index (χ1n) is 7.02. The van der Waals surface area contributed by atoms with Gasteiger partial charge in [0.2, 0.25) is 10.0 Å². The second kappa shape index (κ2) is 6.70. The summed E-state index contributed by atoms with van der Waals surface area (Å²) in [7, 11) is -1.58. The molecule has 5 heteroatoms. The van der Waals surface area contributed by atoms with Gasteiger partial charge in [-0.1, -0.05) is 13.0 Å². The van der Waals surface area contributed by atoms with E-state index in [1.165, 1.54) is 4.31 Å². The number of sulfonamides is 1. The maximum atomic E-state index is 12.8. The summed E-state index contributed by atoms with van der Waals surface area (Å²) >= 11 is 0. The molecule has 0 spiro atoms. The number of rotatable bonds is 6. The zero-order valence-corrected chi connectivity index (χ0v) is 14.1. The fourth-order valence-corrected chi connectivity index (χ4v) is 4.41. The summed E-state index contributed by atoms with van der Waals surface area (Å²) in [6, 6.07) is 3.79. The SMILES string of the molecule is CCN(C(C)C)S(=O)(=O)c1cc(CNC)cc(C)c1C. The van der Waals surface area contributed by atoms with Crippen molar-refractivity contribution in [1.29, 1.82) is 0 Å². The molecule has 1 aromatic rings. The highest BCUT2D eigenvalue weighted by molar-refractivity contribution is 7.89. The highest BCUT2D eigenvalue weighted by atomic mass is 32.2. The van der Waals surface area contributed by atoms with Crippen molar-refractivity contribution in [3.05, 3.63) is 28.8 Å². The molecule has 0 aromatic heterocycles. The average Bonchev–Trinajstić information content (AvgIpc) is 2.33. The van der Waals surface area contributed by atoms with Crippen LogP contribution in [0.25, 0.3) is 0 Å². The monoisotopic (exact) mass is 298 g/mol. The van der Waals surface area contributed by atoms with Crippen molar-refractivity contribution in [1.82, 2.24) is 9.62 Å². The molecule has 0 bridgehead atoms. The Morgan fingerprint density at radius 3 is 2.30 bits per heavy atom. The summed E-state index contributed by atoms with van der Waals surface area (Å²) in [6.07, 6.45) is 0. The number of aryl methyl sites for hydroxylation is 1. The van der Waals surface area contributed by atoms with Crippen LogP contribution < -0.4 is 5.32 Å². The van der Waals surface area contributed by atoms with Crippen LogP contribution in [0.1, 0.15) is 37.5 Å². The van der Waals surface area contributed by atoms with E-state index in [9.17, 15) is 8.42 Å². The van der Waals surface area contributed by atoms with Crippen LogP contribution in [0.5, 0.6) is 0 Å². The molecule has 0 saturated heterocycles. The van der Waals surface area contributed by atoms with Crippen LogP contribution >= 0.6 is 0 Å². The lowest BCUT2D eigenvalue weighted by Crippen LogP contribution is -2.37. The Hall–Kier alpha value is -0.910. The van der Waals surface area contributed by atoms with E-state index in [-0.39, 0.29) is 6.04 Å². The Labute approximate surface area is 123 Å². The highest BCUT2D eigenvalue weighted by Gasteiger charge is 2.27. The maximum Gasteiger partial charge on any atom is 0.243 e. The van der Waals surface area contributed by atoms with Gasteiger partial charge in [0, 0.05) is 19.1 Å². The summed E-state index contributed by atoms with van der Waals surface area (Å²) < 4.78 is 27.2. The number of hydrogen-bond acceptors (Lipinski definition) is 3. The van der Waals surface area contributed by atoms with Crippen LogP contribution in [0.15, 0.2) is 17.0 Å². The molecule has 0 amide bonds. The molecule has 0 aliphatic heterocycles. The summed E-state index contributed by atoms with van der Waals surface area (Å²) in [5.41, 5.74) is 2.84. The molecule has 1 aromatic carbocycles. The molecule has 0 unspecified atom stereocenters. The first kappa shape index (κ1) is 17.1. The van der Waals surface area contributed by atoms with Crippen LogP contribution in [-0.4, -0.2) is 32.4 Å². The third-order valence-electron chi connectivity index (χ3n) is 3.53. The van der Waals surface area contributed by atoms with Gasteiger partial charge in [-0.25, -0.2) is 8.42 Å². The van der Waals surface area contributed by atoms with Gasteiger partial charge >= 0.3 is 0 Å². The summed E-state index contributed by atoms with van der Waals surface area (Å²) in [6.45, 7) is 10.7. The van der Waals surface area contributed by atoms with Crippen molar-refractivity contribution in [3.63, 3.8) is 0 Å². The van der Waals surface area contributed by atoms with Gasteiger partial charge in [0.25, 0.3) is 0 Å². The normalized spacial score (nSPS) is 12.4. The van der Waals surface area contributed by atoms with Gasteiger partial charge in [0.15, 0.2) is 0 Å². The van der Waals surface area contributed by atoms with Crippen LogP contribution in [0, 0.1) is 13.8 Å². The molecule has 0 atom stereocenters. The maximum absolute atomic E-state index is 12.8.